The van der Waals surface area contributed by atoms with Crippen LogP contribution in [0.5, 0.6) is 0 Å². The van der Waals surface area contributed by atoms with E-state index in [4.69, 9.17) is 5.73 Å². The first-order chi connectivity index (χ1) is 17.4. The molecule has 1 unspecified atom stereocenters. The van der Waals surface area contributed by atoms with E-state index in [0.29, 0.717) is 0 Å². The molecular weight excluding hydrogens is 434 g/mol. The largest absolute Gasteiger partial charge is 0.400 e. The maximum atomic E-state index is 7.30. The molecule has 0 aliphatic heterocycles. The van der Waals surface area contributed by atoms with Crippen molar-refractivity contribution in [1.82, 2.24) is 0 Å². The minimum Gasteiger partial charge on any atom is -0.400 e. The quantitative estimate of drug-likeness (QED) is 0.387. The van der Waals surface area contributed by atoms with Gasteiger partial charge in [-0.1, -0.05) is 112 Å². The van der Waals surface area contributed by atoms with E-state index >= 15 is 0 Å². The van der Waals surface area contributed by atoms with E-state index in [9.17, 15) is 0 Å². The summed E-state index contributed by atoms with van der Waals surface area (Å²) in [6, 6.07) is 26.4. The van der Waals surface area contributed by atoms with Gasteiger partial charge in [0.25, 0.3) is 0 Å². The Bertz CT molecular complexity index is 1630. The van der Waals surface area contributed by atoms with E-state index in [2.05, 4.69) is 130 Å². The summed E-state index contributed by atoms with van der Waals surface area (Å²) in [5.74, 6) is 0. The van der Waals surface area contributed by atoms with E-state index in [-0.39, 0.29) is 5.41 Å². The van der Waals surface area contributed by atoms with Gasteiger partial charge in [-0.05, 0) is 79.3 Å². The van der Waals surface area contributed by atoms with Crippen LogP contribution in [0.2, 0.25) is 0 Å². The number of nitrogens with two attached hydrogens (primary N) is 1. The maximum Gasteiger partial charge on any atom is 0.0798 e. The van der Waals surface area contributed by atoms with Gasteiger partial charge in [0.2, 0.25) is 0 Å². The normalized spacial score (nSPS) is 21.3. The van der Waals surface area contributed by atoms with Crippen LogP contribution in [-0.4, -0.2) is 0 Å². The van der Waals surface area contributed by atoms with Crippen molar-refractivity contribution in [2.45, 2.75) is 26.2 Å². The van der Waals surface area contributed by atoms with Crippen molar-refractivity contribution in [2.75, 3.05) is 0 Å². The Morgan fingerprint density at radius 1 is 0.667 bits per heavy atom. The zero-order valence-corrected chi connectivity index (χ0v) is 21.0. The molecule has 7 rings (SSSR count). The van der Waals surface area contributed by atoms with Crippen LogP contribution in [-0.2, 0) is 5.41 Å². The Hall–Kier alpha value is -4.10. The van der Waals surface area contributed by atoms with Crippen molar-refractivity contribution in [3.63, 3.8) is 0 Å². The van der Waals surface area contributed by atoms with Crippen LogP contribution in [0, 0.1) is 5.41 Å². The molecule has 4 aliphatic carbocycles. The molecule has 0 radical (unpaired) electrons. The van der Waals surface area contributed by atoms with Gasteiger partial charge in [-0.2, -0.15) is 0 Å². The van der Waals surface area contributed by atoms with E-state index in [0.717, 1.165) is 16.8 Å². The molecule has 174 valence electrons. The molecule has 0 bridgehead atoms. The summed E-state index contributed by atoms with van der Waals surface area (Å²) in [5, 5.41) is 0. The summed E-state index contributed by atoms with van der Waals surface area (Å²) < 4.78 is 0. The lowest BCUT2D eigenvalue weighted by Gasteiger charge is -2.41. The summed E-state index contributed by atoms with van der Waals surface area (Å²) in [4.78, 5) is 0. The van der Waals surface area contributed by atoms with Crippen LogP contribution in [0.25, 0.3) is 28.9 Å². The molecule has 4 aliphatic rings. The van der Waals surface area contributed by atoms with Crippen molar-refractivity contribution in [2.24, 2.45) is 11.1 Å². The van der Waals surface area contributed by atoms with Crippen molar-refractivity contribution < 1.29 is 0 Å². The second-order valence-corrected chi connectivity index (χ2v) is 11.3. The predicted molar refractivity (Wildman–Crippen MR) is 153 cm³/mol. The summed E-state index contributed by atoms with van der Waals surface area (Å²) in [6.45, 7) is 6.76. The Labute approximate surface area is 213 Å². The first-order valence-corrected chi connectivity index (χ1v) is 12.7. The summed E-state index contributed by atoms with van der Waals surface area (Å²) >= 11 is 0. The number of hydrogen-bond acceptors (Lipinski definition) is 1. The van der Waals surface area contributed by atoms with E-state index in [1.807, 2.05) is 0 Å². The Morgan fingerprint density at radius 3 is 1.89 bits per heavy atom. The highest BCUT2D eigenvalue weighted by atomic mass is 14.7. The number of hydrogen-bond donors (Lipinski definition) is 1. The fourth-order valence-corrected chi connectivity index (χ4v) is 6.30. The number of fused-ring (bicyclic) bond motifs is 8. The average Bonchev–Trinajstić information content (AvgIpc) is 3.45. The molecule has 0 amide bonds. The molecule has 3 aromatic rings. The fraction of sp³-hybridized carbons (Fsp3) is 0.143. The Morgan fingerprint density at radius 2 is 1.25 bits per heavy atom. The highest BCUT2D eigenvalue weighted by molar-refractivity contribution is 6.09. The zero-order chi connectivity index (χ0) is 24.7. The van der Waals surface area contributed by atoms with Crippen LogP contribution in [0.4, 0.5) is 0 Å². The molecule has 0 aromatic heterocycles. The molecule has 1 atom stereocenters. The van der Waals surface area contributed by atoms with Crippen LogP contribution in [0.1, 0.15) is 54.2 Å². The standard InChI is InChI=1S/C35H29N/c1-34(2,3)25-16-14-22(15-17-25)29-21-30-27-12-7-5-10-24(27)20-32(30)35(33(29)36)18-8-13-28-26-11-6-4-9-23(26)19-31(28)35/h4-21H,36H2,1-3H3. The smallest absolute Gasteiger partial charge is 0.0798 e. The summed E-state index contributed by atoms with van der Waals surface area (Å²) in [5.41, 5.74) is 21.6. The topological polar surface area (TPSA) is 26.0 Å². The first-order valence-electron chi connectivity index (χ1n) is 12.7. The Balaban J connectivity index is 1.49. The number of rotatable bonds is 1. The first kappa shape index (κ1) is 21.2. The molecule has 0 fully saturated rings. The van der Waals surface area contributed by atoms with Crippen molar-refractivity contribution in [1.29, 1.82) is 0 Å². The second kappa shape index (κ2) is 7.21. The van der Waals surface area contributed by atoms with Gasteiger partial charge in [-0.3, -0.25) is 0 Å². The van der Waals surface area contributed by atoms with Gasteiger partial charge in [0, 0.05) is 11.3 Å². The van der Waals surface area contributed by atoms with Gasteiger partial charge in [0.1, 0.15) is 0 Å². The molecule has 36 heavy (non-hydrogen) atoms. The number of benzene rings is 3. The van der Waals surface area contributed by atoms with Crippen LogP contribution in [0.15, 0.2) is 114 Å². The summed E-state index contributed by atoms with van der Waals surface area (Å²) in [7, 11) is 0. The van der Waals surface area contributed by atoms with E-state index in [1.165, 1.54) is 50.1 Å². The van der Waals surface area contributed by atoms with Gasteiger partial charge < -0.3 is 5.73 Å². The molecule has 1 spiro atoms. The SMILES string of the molecule is CC(C)(C)c1ccc(C2=C(N)C3(C=CC=C4C3=Cc3ccccc34)C3=Cc4ccccc4C3=C2)cc1. The van der Waals surface area contributed by atoms with Crippen molar-refractivity contribution >= 4 is 28.9 Å². The molecule has 3 aromatic carbocycles. The monoisotopic (exact) mass is 463 g/mol. The van der Waals surface area contributed by atoms with E-state index < -0.39 is 5.41 Å². The van der Waals surface area contributed by atoms with Gasteiger partial charge in [0.05, 0.1) is 5.41 Å². The molecule has 0 saturated carbocycles. The molecule has 1 nitrogen and oxygen atoms in total. The number of allylic oxidation sites excluding steroid dienone is 7. The minimum absolute atomic E-state index is 0.108. The molecule has 0 heterocycles. The van der Waals surface area contributed by atoms with Crippen molar-refractivity contribution in [3.8, 4) is 0 Å². The highest BCUT2D eigenvalue weighted by Crippen LogP contribution is 2.62. The van der Waals surface area contributed by atoms with Crippen LogP contribution >= 0.6 is 0 Å². The van der Waals surface area contributed by atoms with Gasteiger partial charge in [-0.25, -0.2) is 0 Å². The third kappa shape index (κ3) is 2.77. The summed E-state index contributed by atoms with van der Waals surface area (Å²) in [6.07, 6.45) is 13.8. The second-order valence-electron chi connectivity index (χ2n) is 11.3. The van der Waals surface area contributed by atoms with Gasteiger partial charge in [-0.15, -0.1) is 0 Å². The third-order valence-corrected chi connectivity index (χ3v) is 8.21. The lowest BCUT2D eigenvalue weighted by atomic mass is 9.62. The molecule has 2 N–H and O–H groups in total. The Kier molecular flexibility index (Phi) is 4.25. The fourth-order valence-electron chi connectivity index (χ4n) is 6.30. The minimum atomic E-state index is -0.510. The zero-order valence-electron chi connectivity index (χ0n) is 21.0. The van der Waals surface area contributed by atoms with Crippen molar-refractivity contribution in [3.05, 3.63) is 147 Å². The van der Waals surface area contributed by atoms with Gasteiger partial charge >= 0.3 is 0 Å². The molecule has 0 saturated heterocycles. The lowest BCUT2D eigenvalue weighted by Crippen LogP contribution is -2.34. The lowest BCUT2D eigenvalue weighted by molar-refractivity contribution is 0.590. The van der Waals surface area contributed by atoms with Crippen LogP contribution < -0.4 is 5.73 Å². The third-order valence-electron chi connectivity index (χ3n) is 8.21. The predicted octanol–water partition coefficient (Wildman–Crippen LogP) is 8.18. The van der Waals surface area contributed by atoms with E-state index in [1.54, 1.807) is 0 Å². The molecule has 1 heteroatoms. The van der Waals surface area contributed by atoms with Gasteiger partial charge in [0.15, 0.2) is 0 Å². The molecular formula is C35H29N. The average molecular weight is 464 g/mol. The maximum absolute atomic E-state index is 7.30. The highest BCUT2D eigenvalue weighted by Gasteiger charge is 2.49. The van der Waals surface area contributed by atoms with Crippen LogP contribution in [0.3, 0.4) is 0 Å².